The van der Waals surface area contributed by atoms with Crippen molar-refractivity contribution in [2.24, 2.45) is 0 Å². The van der Waals surface area contributed by atoms with Crippen molar-refractivity contribution < 1.29 is 9.47 Å². The zero-order valence-corrected chi connectivity index (χ0v) is 13.1. The second-order valence-corrected chi connectivity index (χ2v) is 6.25. The first-order valence-electron chi connectivity index (χ1n) is 8.51. The molecule has 2 fully saturated rings. The maximum absolute atomic E-state index is 6.19. The molecule has 0 atom stereocenters. The van der Waals surface area contributed by atoms with Crippen LogP contribution in [-0.2, 0) is 6.54 Å². The van der Waals surface area contributed by atoms with Gasteiger partial charge in [-0.05, 0) is 63.1 Å². The van der Waals surface area contributed by atoms with Crippen LogP contribution in [0, 0.1) is 0 Å². The molecule has 1 aromatic rings. The Balaban J connectivity index is 1.65. The second kappa shape index (κ2) is 7.17. The van der Waals surface area contributed by atoms with Crippen LogP contribution in [0.3, 0.4) is 0 Å². The first-order chi connectivity index (χ1) is 10.3. The van der Waals surface area contributed by atoms with Gasteiger partial charge in [0.15, 0.2) is 11.5 Å². The van der Waals surface area contributed by atoms with Crippen LogP contribution in [-0.4, -0.2) is 18.8 Å². The van der Waals surface area contributed by atoms with Crippen molar-refractivity contribution in [1.29, 1.82) is 0 Å². The van der Waals surface area contributed by atoms with E-state index in [1.165, 1.54) is 50.5 Å². The van der Waals surface area contributed by atoms with Crippen LogP contribution in [0.25, 0.3) is 0 Å². The molecule has 1 N–H and O–H groups in total. The Morgan fingerprint density at radius 3 is 2.57 bits per heavy atom. The molecule has 3 nitrogen and oxygen atoms in total. The molecule has 2 aliphatic carbocycles. The molecule has 2 saturated carbocycles. The number of hydrogen-bond acceptors (Lipinski definition) is 3. The van der Waals surface area contributed by atoms with Gasteiger partial charge in [0.2, 0.25) is 0 Å². The van der Waals surface area contributed by atoms with Gasteiger partial charge in [-0.15, -0.1) is 0 Å². The second-order valence-electron chi connectivity index (χ2n) is 6.25. The number of ether oxygens (including phenoxy) is 2. The van der Waals surface area contributed by atoms with Crippen LogP contribution in [0.4, 0.5) is 0 Å². The standard InChI is InChI=1S/C18H27NO2/c1-2-20-18-12-14(13-19-15-9-10-15)8-11-17(18)21-16-6-4-3-5-7-16/h8,11-12,15-16,19H,2-7,9-10,13H2,1H3. The molecule has 0 unspecified atom stereocenters. The highest BCUT2D eigenvalue weighted by atomic mass is 16.5. The molecule has 0 heterocycles. The van der Waals surface area contributed by atoms with Crippen LogP contribution in [0.15, 0.2) is 18.2 Å². The lowest BCUT2D eigenvalue weighted by atomic mass is 9.98. The topological polar surface area (TPSA) is 30.5 Å². The summed E-state index contributed by atoms with van der Waals surface area (Å²) in [5.74, 6) is 1.82. The third-order valence-corrected chi connectivity index (χ3v) is 4.33. The van der Waals surface area contributed by atoms with E-state index in [9.17, 15) is 0 Å². The molecule has 3 heteroatoms. The van der Waals surface area contributed by atoms with E-state index in [2.05, 4.69) is 23.5 Å². The largest absolute Gasteiger partial charge is 0.490 e. The molecular weight excluding hydrogens is 262 g/mol. The fourth-order valence-corrected chi connectivity index (χ4v) is 2.94. The van der Waals surface area contributed by atoms with Gasteiger partial charge in [0.25, 0.3) is 0 Å². The third kappa shape index (κ3) is 4.37. The third-order valence-electron chi connectivity index (χ3n) is 4.33. The van der Waals surface area contributed by atoms with E-state index >= 15 is 0 Å². The zero-order chi connectivity index (χ0) is 14.5. The van der Waals surface area contributed by atoms with Crippen molar-refractivity contribution in [1.82, 2.24) is 5.32 Å². The minimum atomic E-state index is 0.369. The Bertz CT molecular complexity index is 451. The van der Waals surface area contributed by atoms with Gasteiger partial charge in [0, 0.05) is 12.6 Å². The van der Waals surface area contributed by atoms with E-state index in [0.717, 1.165) is 24.1 Å². The maximum Gasteiger partial charge on any atom is 0.161 e. The highest BCUT2D eigenvalue weighted by Gasteiger charge is 2.21. The van der Waals surface area contributed by atoms with E-state index in [1.807, 2.05) is 6.92 Å². The van der Waals surface area contributed by atoms with E-state index in [1.54, 1.807) is 0 Å². The zero-order valence-electron chi connectivity index (χ0n) is 13.1. The van der Waals surface area contributed by atoms with Crippen LogP contribution < -0.4 is 14.8 Å². The minimum absolute atomic E-state index is 0.369. The Morgan fingerprint density at radius 2 is 1.86 bits per heavy atom. The summed E-state index contributed by atoms with van der Waals surface area (Å²) in [6.07, 6.45) is 9.29. The highest BCUT2D eigenvalue weighted by molar-refractivity contribution is 5.43. The molecule has 3 rings (SSSR count). The normalized spacial score (nSPS) is 19.5. The maximum atomic E-state index is 6.19. The van der Waals surface area contributed by atoms with Crippen molar-refractivity contribution in [3.05, 3.63) is 23.8 Å². The van der Waals surface area contributed by atoms with E-state index in [0.29, 0.717) is 12.7 Å². The van der Waals surface area contributed by atoms with Gasteiger partial charge in [0.05, 0.1) is 12.7 Å². The fraction of sp³-hybridized carbons (Fsp3) is 0.667. The number of benzene rings is 1. The molecule has 0 aliphatic heterocycles. The molecule has 0 bridgehead atoms. The predicted molar refractivity (Wildman–Crippen MR) is 85.0 cm³/mol. The molecule has 0 spiro atoms. The molecule has 1 aromatic carbocycles. The van der Waals surface area contributed by atoms with Crippen molar-refractivity contribution in [3.63, 3.8) is 0 Å². The Hall–Kier alpha value is -1.22. The van der Waals surface area contributed by atoms with Gasteiger partial charge >= 0.3 is 0 Å². The highest BCUT2D eigenvalue weighted by Crippen LogP contribution is 2.32. The lowest BCUT2D eigenvalue weighted by molar-refractivity contribution is 0.147. The molecule has 2 aliphatic rings. The monoisotopic (exact) mass is 289 g/mol. The van der Waals surface area contributed by atoms with Crippen molar-refractivity contribution >= 4 is 0 Å². The summed E-state index contributed by atoms with van der Waals surface area (Å²) in [6, 6.07) is 7.12. The smallest absolute Gasteiger partial charge is 0.161 e. The first-order valence-corrected chi connectivity index (χ1v) is 8.51. The Labute approximate surface area is 128 Å². The van der Waals surface area contributed by atoms with E-state index < -0.39 is 0 Å². The summed E-state index contributed by atoms with van der Waals surface area (Å²) in [6.45, 7) is 3.63. The van der Waals surface area contributed by atoms with Gasteiger partial charge in [0.1, 0.15) is 0 Å². The van der Waals surface area contributed by atoms with Crippen LogP contribution in [0.2, 0.25) is 0 Å². The molecule has 0 radical (unpaired) electrons. The Morgan fingerprint density at radius 1 is 1.05 bits per heavy atom. The quantitative estimate of drug-likeness (QED) is 0.821. The summed E-state index contributed by atoms with van der Waals surface area (Å²) < 4.78 is 12.0. The van der Waals surface area contributed by atoms with Gasteiger partial charge in [-0.3, -0.25) is 0 Å². The molecular formula is C18H27NO2. The first kappa shape index (κ1) is 14.7. The summed E-state index contributed by atoms with van der Waals surface area (Å²) in [7, 11) is 0. The number of rotatable bonds is 7. The summed E-state index contributed by atoms with van der Waals surface area (Å²) in [5, 5.41) is 3.55. The number of hydrogen-bond donors (Lipinski definition) is 1. The Kier molecular flexibility index (Phi) is 5.02. The summed E-state index contributed by atoms with van der Waals surface area (Å²) in [4.78, 5) is 0. The van der Waals surface area contributed by atoms with Gasteiger partial charge in [-0.2, -0.15) is 0 Å². The molecule has 0 saturated heterocycles. The van der Waals surface area contributed by atoms with Gasteiger partial charge in [-0.25, -0.2) is 0 Å². The van der Waals surface area contributed by atoms with E-state index in [4.69, 9.17) is 9.47 Å². The van der Waals surface area contributed by atoms with Crippen LogP contribution >= 0.6 is 0 Å². The minimum Gasteiger partial charge on any atom is -0.490 e. The lowest BCUT2D eigenvalue weighted by Crippen LogP contribution is -2.20. The number of nitrogens with one attached hydrogen (secondary N) is 1. The SMILES string of the molecule is CCOc1cc(CNC2CC2)ccc1OC1CCCCC1. The van der Waals surface area contributed by atoms with Gasteiger partial charge in [-0.1, -0.05) is 12.5 Å². The lowest BCUT2D eigenvalue weighted by Gasteiger charge is -2.24. The van der Waals surface area contributed by atoms with Crippen LogP contribution in [0.5, 0.6) is 11.5 Å². The summed E-state index contributed by atoms with van der Waals surface area (Å²) >= 11 is 0. The molecule has 0 amide bonds. The predicted octanol–water partition coefficient (Wildman–Crippen LogP) is 4.05. The van der Waals surface area contributed by atoms with Crippen molar-refractivity contribution in [3.8, 4) is 11.5 Å². The van der Waals surface area contributed by atoms with Gasteiger partial charge < -0.3 is 14.8 Å². The van der Waals surface area contributed by atoms with Crippen LogP contribution in [0.1, 0.15) is 57.4 Å². The van der Waals surface area contributed by atoms with E-state index in [-0.39, 0.29) is 0 Å². The molecule has 21 heavy (non-hydrogen) atoms. The summed E-state index contributed by atoms with van der Waals surface area (Å²) in [5.41, 5.74) is 1.28. The average molecular weight is 289 g/mol. The van der Waals surface area contributed by atoms with Crippen molar-refractivity contribution in [2.45, 2.75) is 70.6 Å². The molecule has 116 valence electrons. The van der Waals surface area contributed by atoms with Crippen molar-refractivity contribution in [2.75, 3.05) is 6.61 Å². The average Bonchev–Trinajstić information content (AvgIpc) is 3.33. The molecule has 0 aromatic heterocycles. The fourth-order valence-electron chi connectivity index (χ4n) is 2.94.